The third-order valence-corrected chi connectivity index (χ3v) is 5.61. The van der Waals surface area contributed by atoms with Crippen LogP contribution in [-0.4, -0.2) is 25.8 Å². The molecular formula is C27H19ClFNO3. The van der Waals surface area contributed by atoms with Gasteiger partial charge in [-0.15, -0.1) is 0 Å². The summed E-state index contributed by atoms with van der Waals surface area (Å²) in [5.74, 6) is 5.56. The molecule has 0 aromatic heterocycles. The first-order chi connectivity index (χ1) is 15.9. The summed E-state index contributed by atoms with van der Waals surface area (Å²) in [7, 11) is 3.22. The van der Waals surface area contributed by atoms with Crippen LogP contribution < -0.4 is 9.64 Å². The lowest BCUT2D eigenvalue weighted by molar-refractivity contribution is -0.114. The molecule has 3 aromatic carbocycles. The van der Waals surface area contributed by atoms with Crippen molar-refractivity contribution in [2.75, 3.05) is 19.1 Å². The van der Waals surface area contributed by atoms with Gasteiger partial charge in [-0.1, -0.05) is 41.6 Å². The molecule has 0 aliphatic carbocycles. The number of methoxy groups -OCH3 is 1. The van der Waals surface area contributed by atoms with Crippen LogP contribution >= 0.6 is 11.6 Å². The van der Waals surface area contributed by atoms with E-state index in [1.807, 2.05) is 24.3 Å². The van der Waals surface area contributed by atoms with Crippen molar-refractivity contribution in [1.82, 2.24) is 0 Å². The molecule has 4 nitrogen and oxygen atoms in total. The Bertz CT molecular complexity index is 1350. The number of fused-ring (bicyclic) bond motifs is 1. The largest absolute Gasteiger partial charge is 0.497 e. The Morgan fingerprint density at radius 1 is 1.06 bits per heavy atom. The monoisotopic (exact) mass is 459 g/mol. The van der Waals surface area contributed by atoms with E-state index in [-0.39, 0.29) is 10.6 Å². The summed E-state index contributed by atoms with van der Waals surface area (Å²) >= 11 is 5.84. The zero-order valence-corrected chi connectivity index (χ0v) is 18.7. The van der Waals surface area contributed by atoms with Gasteiger partial charge in [-0.25, -0.2) is 4.39 Å². The molecule has 1 amide bonds. The van der Waals surface area contributed by atoms with Crippen LogP contribution in [0.2, 0.25) is 5.02 Å². The van der Waals surface area contributed by atoms with E-state index in [1.165, 1.54) is 29.2 Å². The van der Waals surface area contributed by atoms with Crippen molar-refractivity contribution in [3.8, 4) is 17.6 Å². The second-order valence-electron chi connectivity index (χ2n) is 7.48. The highest BCUT2D eigenvalue weighted by Gasteiger charge is 2.32. The molecule has 0 saturated carbocycles. The molecule has 3 aromatic rings. The molecule has 0 radical (unpaired) electrons. The van der Waals surface area contributed by atoms with Crippen LogP contribution in [0.3, 0.4) is 0 Å². The number of halogens is 2. The minimum absolute atomic E-state index is 0.0176. The standard InChI is InChI=1S/C27H19ClFNO3/c1-30-25-13-9-18(5-3-4-17-6-10-20(33-2)11-7-17)14-21(25)26(31)22(27(30)32)15-19-8-12-24(29)23(28)16-19/h6-16H,4H2,1-2H3/b22-15+. The zero-order valence-electron chi connectivity index (χ0n) is 18.0. The Labute approximate surface area is 196 Å². The number of hydrogen-bond acceptors (Lipinski definition) is 3. The fourth-order valence-corrected chi connectivity index (χ4v) is 3.70. The normalized spacial score (nSPS) is 14.1. The van der Waals surface area contributed by atoms with Crippen molar-refractivity contribution in [3.05, 3.63) is 99.3 Å². The van der Waals surface area contributed by atoms with Gasteiger partial charge in [0.25, 0.3) is 5.91 Å². The molecular weight excluding hydrogens is 441 g/mol. The number of carbonyl (C=O) groups is 2. The predicted molar refractivity (Wildman–Crippen MR) is 127 cm³/mol. The Morgan fingerprint density at radius 3 is 2.52 bits per heavy atom. The summed E-state index contributed by atoms with van der Waals surface area (Å²) in [5.41, 5.74) is 3.06. The summed E-state index contributed by atoms with van der Waals surface area (Å²) in [6.45, 7) is 0. The highest BCUT2D eigenvalue weighted by atomic mass is 35.5. The van der Waals surface area contributed by atoms with Crippen LogP contribution in [0.4, 0.5) is 10.1 Å². The molecule has 1 aliphatic heterocycles. The van der Waals surface area contributed by atoms with Crippen molar-refractivity contribution < 1.29 is 18.7 Å². The van der Waals surface area contributed by atoms with Gasteiger partial charge in [0, 0.05) is 24.6 Å². The first kappa shape index (κ1) is 22.3. The minimum atomic E-state index is -0.569. The van der Waals surface area contributed by atoms with E-state index in [9.17, 15) is 14.0 Å². The molecule has 4 rings (SSSR count). The van der Waals surface area contributed by atoms with Crippen molar-refractivity contribution in [3.63, 3.8) is 0 Å². The number of Topliss-reactive ketones (excluding diaryl/α,β-unsaturated/α-hetero) is 1. The number of anilines is 1. The fourth-order valence-electron chi connectivity index (χ4n) is 3.51. The maximum Gasteiger partial charge on any atom is 0.262 e. The van der Waals surface area contributed by atoms with Crippen LogP contribution in [0, 0.1) is 17.7 Å². The molecule has 0 saturated heterocycles. The summed E-state index contributed by atoms with van der Waals surface area (Å²) in [4.78, 5) is 27.4. The lowest BCUT2D eigenvalue weighted by Crippen LogP contribution is -2.36. The van der Waals surface area contributed by atoms with Crippen molar-refractivity contribution >= 4 is 35.1 Å². The van der Waals surface area contributed by atoms with Crippen molar-refractivity contribution in [2.24, 2.45) is 0 Å². The zero-order chi connectivity index (χ0) is 23.5. The van der Waals surface area contributed by atoms with Crippen molar-refractivity contribution in [1.29, 1.82) is 0 Å². The maximum atomic E-state index is 13.5. The Kier molecular flexibility index (Phi) is 6.30. The van der Waals surface area contributed by atoms with Crippen LogP contribution in [0.1, 0.15) is 27.0 Å². The molecule has 1 heterocycles. The first-order valence-electron chi connectivity index (χ1n) is 10.1. The molecule has 0 bridgehead atoms. The predicted octanol–water partition coefficient (Wildman–Crippen LogP) is 5.32. The summed E-state index contributed by atoms with van der Waals surface area (Å²) in [6, 6.07) is 16.9. The first-order valence-corrected chi connectivity index (χ1v) is 10.5. The second kappa shape index (κ2) is 9.32. The number of nitrogens with zero attached hydrogens (tertiary/aromatic N) is 1. The van der Waals surface area contributed by atoms with E-state index < -0.39 is 17.5 Å². The molecule has 6 heteroatoms. The van der Waals surface area contributed by atoms with Crippen LogP contribution in [0.5, 0.6) is 5.75 Å². The second-order valence-corrected chi connectivity index (χ2v) is 7.89. The van der Waals surface area contributed by atoms with Gasteiger partial charge in [0.05, 0.1) is 23.4 Å². The van der Waals surface area contributed by atoms with E-state index in [1.54, 1.807) is 32.4 Å². The van der Waals surface area contributed by atoms with Gasteiger partial charge in [0.15, 0.2) is 0 Å². The lowest BCUT2D eigenvalue weighted by Gasteiger charge is -2.26. The number of likely N-dealkylation sites (N-methyl/N-ethyl adjacent to an activating group) is 1. The van der Waals surface area contributed by atoms with Crippen LogP contribution in [-0.2, 0) is 11.2 Å². The number of amides is 1. The lowest BCUT2D eigenvalue weighted by atomic mass is 9.92. The smallest absolute Gasteiger partial charge is 0.262 e. The van der Waals surface area contributed by atoms with Gasteiger partial charge in [-0.3, -0.25) is 9.59 Å². The number of benzene rings is 3. The van der Waals surface area contributed by atoms with Gasteiger partial charge in [-0.2, -0.15) is 0 Å². The number of hydrogen-bond donors (Lipinski definition) is 0. The summed E-state index contributed by atoms with van der Waals surface area (Å²) in [5, 5.41) is -0.0803. The van der Waals surface area contributed by atoms with E-state index in [4.69, 9.17) is 16.3 Å². The van der Waals surface area contributed by atoms with Gasteiger partial charge < -0.3 is 9.64 Å². The Hall–Kier alpha value is -3.88. The van der Waals surface area contributed by atoms with Gasteiger partial charge >= 0.3 is 0 Å². The molecule has 0 spiro atoms. The van der Waals surface area contributed by atoms with E-state index in [0.717, 1.165) is 11.3 Å². The highest BCUT2D eigenvalue weighted by molar-refractivity contribution is 6.36. The Balaban J connectivity index is 1.62. The van der Waals surface area contributed by atoms with E-state index >= 15 is 0 Å². The molecule has 1 aliphatic rings. The van der Waals surface area contributed by atoms with Crippen LogP contribution in [0.15, 0.2) is 66.2 Å². The third kappa shape index (κ3) is 4.67. The number of ether oxygens (including phenoxy) is 1. The minimum Gasteiger partial charge on any atom is -0.497 e. The molecule has 164 valence electrons. The van der Waals surface area contributed by atoms with Crippen LogP contribution in [0.25, 0.3) is 6.08 Å². The number of carbonyl (C=O) groups excluding carboxylic acids is 2. The SMILES string of the molecule is COc1ccc(CC#Cc2ccc3c(c2)C(=O)/C(=C\c2ccc(F)c(Cl)c2)C(=O)N3C)cc1. The topological polar surface area (TPSA) is 46.6 Å². The average Bonchev–Trinajstić information content (AvgIpc) is 2.83. The van der Waals surface area contributed by atoms with Gasteiger partial charge in [0.1, 0.15) is 11.6 Å². The quantitative estimate of drug-likeness (QED) is 0.302. The summed E-state index contributed by atoms with van der Waals surface area (Å²) < 4.78 is 18.6. The Morgan fingerprint density at radius 2 is 1.82 bits per heavy atom. The number of ketones is 1. The third-order valence-electron chi connectivity index (χ3n) is 5.32. The summed E-state index contributed by atoms with van der Waals surface area (Å²) in [6.07, 6.45) is 1.97. The maximum absolute atomic E-state index is 13.5. The van der Waals surface area contributed by atoms with Gasteiger partial charge in [-0.05, 0) is 59.7 Å². The molecule has 0 atom stereocenters. The molecule has 0 N–H and O–H groups in total. The molecule has 33 heavy (non-hydrogen) atoms. The fraction of sp³-hybridized carbons (Fsp3) is 0.111. The number of rotatable bonds is 3. The average molecular weight is 460 g/mol. The van der Waals surface area contributed by atoms with E-state index in [2.05, 4.69) is 11.8 Å². The van der Waals surface area contributed by atoms with Crippen molar-refractivity contribution in [2.45, 2.75) is 6.42 Å². The molecule has 0 fully saturated rings. The molecule has 0 unspecified atom stereocenters. The highest BCUT2D eigenvalue weighted by Crippen LogP contribution is 2.31. The van der Waals surface area contributed by atoms with Gasteiger partial charge in [0.2, 0.25) is 5.78 Å². The van der Waals surface area contributed by atoms with E-state index in [0.29, 0.717) is 28.8 Å².